The van der Waals surface area contributed by atoms with Crippen molar-refractivity contribution in [1.29, 1.82) is 0 Å². The Morgan fingerprint density at radius 2 is 2.05 bits per heavy atom. The fraction of sp³-hybridized carbons (Fsp3) is 0.438. The van der Waals surface area contributed by atoms with Gasteiger partial charge in [-0.3, -0.25) is 4.68 Å². The first-order valence-corrected chi connectivity index (χ1v) is 7.96. The van der Waals surface area contributed by atoms with Gasteiger partial charge in [-0.25, -0.2) is 0 Å². The van der Waals surface area contributed by atoms with Crippen LogP contribution in [0.3, 0.4) is 0 Å². The Morgan fingerprint density at radius 3 is 2.70 bits per heavy atom. The lowest BCUT2D eigenvalue weighted by Gasteiger charge is -2.23. The highest BCUT2D eigenvalue weighted by atomic mass is 79.9. The topological polar surface area (TPSA) is 29.9 Å². The van der Waals surface area contributed by atoms with Gasteiger partial charge < -0.3 is 5.32 Å². The fourth-order valence-electron chi connectivity index (χ4n) is 2.94. The van der Waals surface area contributed by atoms with Gasteiger partial charge in [0.15, 0.2) is 0 Å². The highest BCUT2D eigenvalue weighted by Crippen LogP contribution is 2.36. The number of halogens is 1. The van der Waals surface area contributed by atoms with Gasteiger partial charge in [-0.15, -0.1) is 0 Å². The van der Waals surface area contributed by atoms with Crippen molar-refractivity contribution in [3.8, 4) is 11.3 Å². The molecule has 1 fully saturated rings. The maximum Gasteiger partial charge on any atom is 0.107 e. The van der Waals surface area contributed by atoms with Crippen molar-refractivity contribution >= 4 is 15.9 Å². The van der Waals surface area contributed by atoms with Crippen LogP contribution in [0.1, 0.15) is 30.0 Å². The summed E-state index contributed by atoms with van der Waals surface area (Å²) < 4.78 is 3.19. The van der Waals surface area contributed by atoms with Crippen molar-refractivity contribution in [2.24, 2.45) is 7.05 Å². The summed E-state index contributed by atoms with van der Waals surface area (Å²) in [6, 6.07) is 8.56. The van der Waals surface area contributed by atoms with Crippen LogP contribution in [0.4, 0.5) is 0 Å². The Kier molecular flexibility index (Phi) is 3.94. The van der Waals surface area contributed by atoms with Crippen molar-refractivity contribution in [1.82, 2.24) is 15.1 Å². The second kappa shape index (κ2) is 5.70. The summed E-state index contributed by atoms with van der Waals surface area (Å²) in [4.78, 5) is 0. The van der Waals surface area contributed by atoms with E-state index in [9.17, 15) is 0 Å². The highest BCUT2D eigenvalue weighted by molar-refractivity contribution is 9.10. The van der Waals surface area contributed by atoms with Gasteiger partial charge in [0, 0.05) is 25.1 Å². The van der Waals surface area contributed by atoms with Gasteiger partial charge in [0.05, 0.1) is 10.2 Å². The Balaban J connectivity index is 1.99. The molecule has 1 saturated heterocycles. The SMILES string of the molecule is Cc1ccc(-c2nn(C)c(C3CCCNC3)c2Br)cc1. The standard InChI is InChI=1S/C16H20BrN3/c1-11-5-7-12(8-6-11)15-14(17)16(20(2)19-15)13-4-3-9-18-10-13/h5-8,13,18H,3-4,9-10H2,1-2H3. The van der Waals surface area contributed by atoms with Crippen LogP contribution in [0.15, 0.2) is 28.7 Å². The first-order chi connectivity index (χ1) is 9.66. The molecule has 1 unspecified atom stereocenters. The second-order valence-electron chi connectivity index (χ2n) is 5.58. The Hall–Kier alpha value is -1.13. The van der Waals surface area contributed by atoms with E-state index in [0.29, 0.717) is 5.92 Å². The summed E-state index contributed by atoms with van der Waals surface area (Å²) in [6.07, 6.45) is 2.47. The molecule has 3 nitrogen and oxygen atoms in total. The normalized spacial score (nSPS) is 19.2. The van der Waals surface area contributed by atoms with Crippen LogP contribution < -0.4 is 5.32 Å². The predicted octanol–water partition coefficient (Wildman–Crippen LogP) is 3.63. The van der Waals surface area contributed by atoms with Crippen molar-refractivity contribution in [3.63, 3.8) is 0 Å². The number of hydrogen-bond acceptors (Lipinski definition) is 2. The summed E-state index contributed by atoms with van der Waals surface area (Å²) in [5.74, 6) is 0.551. The molecule has 106 valence electrons. The molecule has 0 aliphatic carbocycles. The number of aryl methyl sites for hydroxylation is 2. The largest absolute Gasteiger partial charge is 0.316 e. The highest BCUT2D eigenvalue weighted by Gasteiger charge is 2.24. The maximum absolute atomic E-state index is 4.73. The Bertz CT molecular complexity index is 595. The van der Waals surface area contributed by atoms with E-state index in [1.165, 1.54) is 29.7 Å². The number of nitrogens with one attached hydrogen (secondary N) is 1. The molecule has 1 aromatic carbocycles. The summed E-state index contributed by atoms with van der Waals surface area (Å²) >= 11 is 3.78. The smallest absolute Gasteiger partial charge is 0.107 e. The molecule has 3 rings (SSSR count). The molecule has 0 spiro atoms. The predicted molar refractivity (Wildman–Crippen MR) is 85.9 cm³/mol. The van der Waals surface area contributed by atoms with E-state index in [0.717, 1.165) is 23.3 Å². The molecule has 1 N–H and O–H groups in total. The first-order valence-electron chi connectivity index (χ1n) is 7.17. The molecule has 0 radical (unpaired) electrons. The molecule has 2 heterocycles. The third-order valence-electron chi connectivity index (χ3n) is 4.04. The molecule has 0 saturated carbocycles. The zero-order chi connectivity index (χ0) is 14.1. The van der Waals surface area contributed by atoms with Gasteiger partial charge in [-0.2, -0.15) is 5.10 Å². The molecule has 4 heteroatoms. The van der Waals surface area contributed by atoms with Crippen molar-refractivity contribution in [3.05, 3.63) is 40.0 Å². The summed E-state index contributed by atoms with van der Waals surface area (Å²) in [7, 11) is 2.05. The maximum atomic E-state index is 4.73. The zero-order valence-corrected chi connectivity index (χ0v) is 13.6. The summed E-state index contributed by atoms with van der Waals surface area (Å²) in [6.45, 7) is 4.29. The monoisotopic (exact) mass is 333 g/mol. The molecule has 2 aromatic rings. The van der Waals surface area contributed by atoms with E-state index in [1.54, 1.807) is 0 Å². The van der Waals surface area contributed by atoms with Crippen LogP contribution in [-0.2, 0) is 7.05 Å². The molecular formula is C16H20BrN3. The van der Waals surface area contributed by atoms with Crippen molar-refractivity contribution in [2.75, 3.05) is 13.1 Å². The van der Waals surface area contributed by atoms with Crippen LogP contribution in [0.25, 0.3) is 11.3 Å². The van der Waals surface area contributed by atoms with Gasteiger partial charge in [-0.1, -0.05) is 29.8 Å². The van der Waals surface area contributed by atoms with Crippen molar-refractivity contribution in [2.45, 2.75) is 25.7 Å². The van der Waals surface area contributed by atoms with Crippen LogP contribution in [0.2, 0.25) is 0 Å². The molecule has 0 amide bonds. The molecule has 1 aliphatic heterocycles. The third kappa shape index (κ3) is 2.54. The molecule has 1 aliphatic rings. The van der Waals surface area contributed by atoms with E-state index in [1.807, 2.05) is 11.7 Å². The Labute approximate surface area is 128 Å². The molecule has 1 aromatic heterocycles. The fourth-order valence-corrected chi connectivity index (χ4v) is 3.82. The van der Waals surface area contributed by atoms with Crippen LogP contribution in [0, 0.1) is 6.92 Å². The summed E-state index contributed by atoms with van der Waals surface area (Å²) in [5, 5.41) is 8.21. The Morgan fingerprint density at radius 1 is 1.30 bits per heavy atom. The zero-order valence-electron chi connectivity index (χ0n) is 12.0. The van der Waals surface area contributed by atoms with Crippen LogP contribution >= 0.6 is 15.9 Å². The average Bonchev–Trinajstić information content (AvgIpc) is 2.76. The lowest BCUT2D eigenvalue weighted by atomic mass is 9.95. The van der Waals surface area contributed by atoms with E-state index in [-0.39, 0.29) is 0 Å². The van der Waals surface area contributed by atoms with Gasteiger partial charge in [0.2, 0.25) is 0 Å². The minimum atomic E-state index is 0.551. The van der Waals surface area contributed by atoms with Gasteiger partial charge in [0.1, 0.15) is 5.69 Å². The number of aromatic nitrogens is 2. The van der Waals surface area contributed by atoms with E-state index < -0.39 is 0 Å². The minimum Gasteiger partial charge on any atom is -0.316 e. The lowest BCUT2D eigenvalue weighted by molar-refractivity contribution is 0.440. The molecule has 20 heavy (non-hydrogen) atoms. The van der Waals surface area contributed by atoms with E-state index in [4.69, 9.17) is 5.10 Å². The van der Waals surface area contributed by atoms with Crippen molar-refractivity contribution < 1.29 is 0 Å². The first kappa shape index (κ1) is 13.8. The second-order valence-corrected chi connectivity index (χ2v) is 6.37. The third-order valence-corrected chi connectivity index (χ3v) is 4.82. The number of nitrogens with zero attached hydrogens (tertiary/aromatic N) is 2. The molecule has 0 bridgehead atoms. The number of piperidine rings is 1. The van der Waals surface area contributed by atoms with Gasteiger partial charge in [0.25, 0.3) is 0 Å². The van der Waals surface area contributed by atoms with E-state index >= 15 is 0 Å². The molecular weight excluding hydrogens is 314 g/mol. The summed E-state index contributed by atoms with van der Waals surface area (Å²) in [5.41, 5.74) is 4.81. The van der Waals surface area contributed by atoms with Gasteiger partial charge >= 0.3 is 0 Å². The van der Waals surface area contributed by atoms with Crippen LogP contribution in [0.5, 0.6) is 0 Å². The number of rotatable bonds is 2. The molecule has 1 atom stereocenters. The van der Waals surface area contributed by atoms with Crippen LogP contribution in [-0.4, -0.2) is 22.9 Å². The minimum absolute atomic E-state index is 0.551. The quantitative estimate of drug-likeness (QED) is 0.909. The van der Waals surface area contributed by atoms with E-state index in [2.05, 4.69) is 52.4 Å². The average molecular weight is 334 g/mol. The van der Waals surface area contributed by atoms with Gasteiger partial charge in [-0.05, 0) is 42.2 Å². The number of hydrogen-bond donors (Lipinski definition) is 1. The number of benzene rings is 1. The lowest BCUT2D eigenvalue weighted by Crippen LogP contribution is -2.29.